The normalized spacial score (nSPS) is 13.8. The zero-order valence-corrected chi connectivity index (χ0v) is 14.1. The van der Waals surface area contributed by atoms with E-state index >= 15 is 0 Å². The molecule has 21 heavy (non-hydrogen) atoms. The highest BCUT2D eigenvalue weighted by Crippen LogP contribution is 2.38. The number of carbonyl (C=O) groups excluding carboxylic acids is 1. The van der Waals surface area contributed by atoms with Crippen molar-refractivity contribution in [2.75, 3.05) is 19.0 Å². The third-order valence-corrected chi connectivity index (χ3v) is 5.38. The fourth-order valence-corrected chi connectivity index (χ4v) is 4.24. The molecule has 0 fully saturated rings. The molecule has 2 rings (SSSR count). The number of rotatable bonds is 8. The standard InChI is InChI=1S/C17H27NO2S/c1-3-4-5-6-9-12-18-16-15(17(19)20-2)13-10-7-8-11-14(13)21-16/h18H,3-12H2,1-2H3. The van der Waals surface area contributed by atoms with E-state index < -0.39 is 0 Å². The van der Waals surface area contributed by atoms with Gasteiger partial charge in [-0.05, 0) is 37.7 Å². The molecule has 1 aliphatic carbocycles. The van der Waals surface area contributed by atoms with E-state index in [9.17, 15) is 4.79 Å². The maximum Gasteiger partial charge on any atom is 0.341 e. The minimum atomic E-state index is -0.178. The molecule has 1 heterocycles. The van der Waals surface area contributed by atoms with Crippen molar-refractivity contribution in [3.05, 3.63) is 16.0 Å². The van der Waals surface area contributed by atoms with Crippen molar-refractivity contribution in [2.24, 2.45) is 0 Å². The lowest BCUT2D eigenvalue weighted by atomic mass is 9.95. The fourth-order valence-electron chi connectivity index (χ4n) is 2.94. The highest BCUT2D eigenvalue weighted by molar-refractivity contribution is 7.16. The van der Waals surface area contributed by atoms with Gasteiger partial charge in [0.05, 0.1) is 12.7 Å². The molecular weight excluding hydrogens is 282 g/mol. The Kier molecular flexibility index (Phi) is 6.55. The summed E-state index contributed by atoms with van der Waals surface area (Å²) in [6.07, 6.45) is 10.9. The molecule has 0 saturated carbocycles. The lowest BCUT2D eigenvalue weighted by Crippen LogP contribution is -2.10. The number of ether oxygens (including phenoxy) is 1. The van der Waals surface area contributed by atoms with Crippen LogP contribution in [0.3, 0.4) is 0 Å². The van der Waals surface area contributed by atoms with Gasteiger partial charge in [0, 0.05) is 11.4 Å². The number of esters is 1. The van der Waals surface area contributed by atoms with Crippen molar-refractivity contribution in [2.45, 2.75) is 64.7 Å². The first-order valence-corrected chi connectivity index (χ1v) is 9.06. The molecule has 0 bridgehead atoms. The van der Waals surface area contributed by atoms with Crippen LogP contribution >= 0.6 is 11.3 Å². The van der Waals surface area contributed by atoms with Crippen LogP contribution < -0.4 is 5.32 Å². The summed E-state index contributed by atoms with van der Waals surface area (Å²) in [6, 6.07) is 0. The maximum absolute atomic E-state index is 12.1. The number of carbonyl (C=O) groups is 1. The highest BCUT2D eigenvalue weighted by atomic mass is 32.1. The van der Waals surface area contributed by atoms with Gasteiger partial charge in [0.25, 0.3) is 0 Å². The second-order valence-electron chi connectivity index (χ2n) is 5.75. The Morgan fingerprint density at radius 3 is 2.71 bits per heavy atom. The highest BCUT2D eigenvalue weighted by Gasteiger charge is 2.25. The van der Waals surface area contributed by atoms with E-state index in [1.165, 1.54) is 62.5 Å². The predicted molar refractivity (Wildman–Crippen MR) is 89.5 cm³/mol. The monoisotopic (exact) mass is 309 g/mol. The van der Waals surface area contributed by atoms with Crippen molar-refractivity contribution in [3.63, 3.8) is 0 Å². The van der Waals surface area contributed by atoms with Gasteiger partial charge < -0.3 is 10.1 Å². The molecule has 0 spiro atoms. The SMILES string of the molecule is CCCCCCCNc1sc2c(c1C(=O)OC)CCCC2. The minimum absolute atomic E-state index is 0.178. The molecule has 1 aromatic heterocycles. The van der Waals surface area contributed by atoms with Crippen LogP contribution in [0.25, 0.3) is 0 Å². The molecule has 0 amide bonds. The Labute approximate surface area is 132 Å². The van der Waals surface area contributed by atoms with E-state index in [-0.39, 0.29) is 5.97 Å². The van der Waals surface area contributed by atoms with Crippen LogP contribution in [0.4, 0.5) is 5.00 Å². The van der Waals surface area contributed by atoms with E-state index in [1.807, 2.05) is 0 Å². The first-order chi connectivity index (χ1) is 10.3. The Morgan fingerprint density at radius 2 is 1.95 bits per heavy atom. The first-order valence-electron chi connectivity index (χ1n) is 8.24. The summed E-state index contributed by atoms with van der Waals surface area (Å²) < 4.78 is 4.99. The van der Waals surface area contributed by atoms with Gasteiger partial charge in [0.15, 0.2) is 0 Å². The van der Waals surface area contributed by atoms with Gasteiger partial charge in [-0.15, -0.1) is 11.3 Å². The molecule has 1 aliphatic rings. The van der Waals surface area contributed by atoms with Crippen LogP contribution in [-0.2, 0) is 17.6 Å². The molecular formula is C17H27NO2S. The van der Waals surface area contributed by atoms with Gasteiger partial charge in [0.1, 0.15) is 5.00 Å². The third-order valence-electron chi connectivity index (χ3n) is 4.13. The number of unbranched alkanes of at least 4 members (excludes halogenated alkanes) is 4. The van der Waals surface area contributed by atoms with E-state index in [1.54, 1.807) is 11.3 Å². The second kappa shape index (κ2) is 8.42. The van der Waals surface area contributed by atoms with Crippen LogP contribution in [0.5, 0.6) is 0 Å². The lowest BCUT2D eigenvalue weighted by molar-refractivity contribution is 0.0601. The van der Waals surface area contributed by atoms with Gasteiger partial charge in [-0.1, -0.05) is 32.6 Å². The average molecular weight is 309 g/mol. The van der Waals surface area contributed by atoms with Crippen LogP contribution in [0.15, 0.2) is 0 Å². The number of aryl methyl sites for hydroxylation is 1. The van der Waals surface area contributed by atoms with Gasteiger partial charge >= 0.3 is 5.97 Å². The van der Waals surface area contributed by atoms with Gasteiger partial charge in [-0.3, -0.25) is 0 Å². The number of nitrogens with one attached hydrogen (secondary N) is 1. The Morgan fingerprint density at radius 1 is 1.19 bits per heavy atom. The molecule has 0 saturated heterocycles. The van der Waals surface area contributed by atoms with Crippen molar-refractivity contribution >= 4 is 22.3 Å². The zero-order chi connectivity index (χ0) is 15.1. The summed E-state index contributed by atoms with van der Waals surface area (Å²) in [5.74, 6) is -0.178. The summed E-state index contributed by atoms with van der Waals surface area (Å²) in [5, 5.41) is 4.51. The Balaban J connectivity index is 1.98. The molecule has 1 aromatic rings. The van der Waals surface area contributed by atoms with Crippen LogP contribution in [-0.4, -0.2) is 19.6 Å². The summed E-state index contributed by atoms with van der Waals surface area (Å²) in [4.78, 5) is 13.5. The smallest absolute Gasteiger partial charge is 0.341 e. The quantitative estimate of drug-likeness (QED) is 0.554. The van der Waals surface area contributed by atoms with Crippen molar-refractivity contribution in [1.29, 1.82) is 0 Å². The van der Waals surface area contributed by atoms with Gasteiger partial charge in [-0.25, -0.2) is 4.79 Å². The fraction of sp³-hybridized carbons (Fsp3) is 0.706. The number of methoxy groups -OCH3 is 1. The van der Waals surface area contributed by atoms with Crippen LogP contribution in [0.1, 0.15) is 72.7 Å². The topological polar surface area (TPSA) is 38.3 Å². The molecule has 118 valence electrons. The molecule has 0 radical (unpaired) electrons. The minimum Gasteiger partial charge on any atom is -0.465 e. The van der Waals surface area contributed by atoms with E-state index in [4.69, 9.17) is 4.74 Å². The Hall–Kier alpha value is -1.03. The largest absolute Gasteiger partial charge is 0.465 e. The lowest BCUT2D eigenvalue weighted by Gasteiger charge is -2.12. The number of fused-ring (bicyclic) bond motifs is 1. The molecule has 0 atom stereocenters. The van der Waals surface area contributed by atoms with E-state index in [0.717, 1.165) is 30.0 Å². The number of hydrogen-bond donors (Lipinski definition) is 1. The van der Waals surface area contributed by atoms with Crippen molar-refractivity contribution < 1.29 is 9.53 Å². The second-order valence-corrected chi connectivity index (χ2v) is 6.85. The third kappa shape index (κ3) is 4.22. The van der Waals surface area contributed by atoms with E-state index in [0.29, 0.717) is 0 Å². The Bertz CT molecular complexity index is 468. The summed E-state index contributed by atoms with van der Waals surface area (Å²) in [5.41, 5.74) is 2.05. The van der Waals surface area contributed by atoms with Crippen molar-refractivity contribution in [3.8, 4) is 0 Å². The van der Waals surface area contributed by atoms with Crippen LogP contribution in [0, 0.1) is 0 Å². The van der Waals surface area contributed by atoms with Crippen LogP contribution in [0.2, 0.25) is 0 Å². The molecule has 4 heteroatoms. The molecule has 1 N–H and O–H groups in total. The molecule has 0 unspecified atom stereocenters. The molecule has 0 aromatic carbocycles. The first kappa shape index (κ1) is 16.3. The van der Waals surface area contributed by atoms with Gasteiger partial charge in [0.2, 0.25) is 0 Å². The summed E-state index contributed by atoms with van der Waals surface area (Å²) >= 11 is 1.76. The number of hydrogen-bond acceptors (Lipinski definition) is 4. The molecule has 0 aliphatic heterocycles. The maximum atomic E-state index is 12.1. The van der Waals surface area contributed by atoms with E-state index in [2.05, 4.69) is 12.2 Å². The summed E-state index contributed by atoms with van der Waals surface area (Å²) in [6.45, 7) is 3.18. The summed E-state index contributed by atoms with van der Waals surface area (Å²) in [7, 11) is 1.48. The number of thiophene rings is 1. The molecule has 3 nitrogen and oxygen atoms in total. The predicted octanol–water partition coefficient (Wildman–Crippen LogP) is 4.80. The average Bonchev–Trinajstić information content (AvgIpc) is 2.88. The number of anilines is 1. The van der Waals surface area contributed by atoms with Crippen molar-refractivity contribution in [1.82, 2.24) is 0 Å². The van der Waals surface area contributed by atoms with Gasteiger partial charge in [-0.2, -0.15) is 0 Å². The zero-order valence-electron chi connectivity index (χ0n) is 13.3.